The molecule has 0 aliphatic carbocycles. The van der Waals surface area contributed by atoms with E-state index < -0.39 is 0 Å². The highest BCUT2D eigenvalue weighted by molar-refractivity contribution is 9.10. The number of carbonyl (C=O) groups excluding carboxylic acids is 1. The van der Waals surface area contributed by atoms with Crippen molar-refractivity contribution >= 4 is 39.2 Å². The fourth-order valence-electron chi connectivity index (χ4n) is 2.77. The largest absolute Gasteiger partial charge is 0.488 e. The van der Waals surface area contributed by atoms with Crippen molar-refractivity contribution in [2.24, 2.45) is 0 Å². The van der Waals surface area contributed by atoms with E-state index in [4.69, 9.17) is 17.0 Å². The molecule has 0 heterocycles. The summed E-state index contributed by atoms with van der Waals surface area (Å²) in [5, 5.41) is 3.48. The third-order valence-corrected chi connectivity index (χ3v) is 5.23. The molecule has 0 aliphatic rings. The molecule has 0 saturated carbocycles. The monoisotopic (exact) mass is 483 g/mol. The molecule has 3 rings (SSSR count). The molecule has 154 valence electrons. The van der Waals surface area contributed by atoms with Crippen LogP contribution in [0.25, 0.3) is 0 Å². The minimum Gasteiger partial charge on any atom is -0.488 e. The lowest BCUT2D eigenvalue weighted by molar-refractivity contribution is 0.0943. The molecule has 0 saturated heterocycles. The third-order valence-electron chi connectivity index (χ3n) is 4.36. The number of benzene rings is 3. The van der Waals surface area contributed by atoms with Gasteiger partial charge in [0.25, 0.3) is 5.91 Å². The summed E-state index contributed by atoms with van der Waals surface area (Å²) in [4.78, 5) is 12.5. The second kappa shape index (κ2) is 10.8. The van der Waals surface area contributed by atoms with Crippen molar-refractivity contribution in [1.29, 1.82) is 0 Å². The average Bonchev–Trinajstić information content (AvgIpc) is 2.77. The van der Waals surface area contributed by atoms with Gasteiger partial charge in [0, 0.05) is 5.56 Å². The summed E-state index contributed by atoms with van der Waals surface area (Å²) in [6, 6.07) is 24.8. The molecule has 0 unspecified atom stereocenters. The van der Waals surface area contributed by atoms with E-state index in [9.17, 15) is 4.79 Å². The first kappa shape index (κ1) is 21.8. The number of para-hydroxylation sites is 1. The number of hydrogen-bond donors (Lipinski definition) is 3. The zero-order valence-corrected chi connectivity index (χ0v) is 18.8. The van der Waals surface area contributed by atoms with Crippen LogP contribution in [0.15, 0.2) is 83.3 Å². The minimum absolute atomic E-state index is 0.0147. The molecule has 0 aliphatic heterocycles. The van der Waals surface area contributed by atoms with Gasteiger partial charge in [-0.2, -0.15) is 0 Å². The van der Waals surface area contributed by atoms with Gasteiger partial charge in [-0.1, -0.05) is 54.6 Å². The average molecular weight is 484 g/mol. The molecule has 0 aromatic heterocycles. The Morgan fingerprint density at radius 1 is 1.00 bits per heavy atom. The second-order valence-corrected chi connectivity index (χ2v) is 7.87. The summed E-state index contributed by atoms with van der Waals surface area (Å²) >= 11 is 8.73. The summed E-state index contributed by atoms with van der Waals surface area (Å²) < 4.78 is 6.70. The standard InChI is InChI=1S/C23H22BrN3O2S/c1-16(18-9-3-2-4-10-18)25-23(30)27-26-22(28)19-11-7-8-17(14-19)15-29-21-13-6-5-12-20(21)24/h2-14,16H,15H2,1H3,(H,26,28)(H2,25,27,30)/t16-/m0/s1. The maximum Gasteiger partial charge on any atom is 0.269 e. The topological polar surface area (TPSA) is 62.4 Å². The Bertz CT molecular complexity index is 1010. The van der Waals surface area contributed by atoms with Crippen LogP contribution in [0.2, 0.25) is 0 Å². The highest BCUT2D eigenvalue weighted by Crippen LogP contribution is 2.24. The van der Waals surface area contributed by atoms with Gasteiger partial charge in [-0.3, -0.25) is 15.6 Å². The Balaban J connectivity index is 1.51. The van der Waals surface area contributed by atoms with Crippen molar-refractivity contribution < 1.29 is 9.53 Å². The van der Waals surface area contributed by atoms with E-state index in [0.29, 0.717) is 17.3 Å². The molecule has 30 heavy (non-hydrogen) atoms. The Morgan fingerprint density at radius 3 is 2.50 bits per heavy atom. The van der Waals surface area contributed by atoms with E-state index in [1.165, 1.54) is 0 Å². The van der Waals surface area contributed by atoms with Gasteiger partial charge in [0.15, 0.2) is 5.11 Å². The van der Waals surface area contributed by atoms with E-state index >= 15 is 0 Å². The van der Waals surface area contributed by atoms with Gasteiger partial charge in [-0.05, 0) is 70.5 Å². The van der Waals surface area contributed by atoms with Crippen LogP contribution in [0.1, 0.15) is 34.5 Å². The van der Waals surface area contributed by atoms with E-state index in [0.717, 1.165) is 21.3 Å². The number of amides is 1. The fraction of sp³-hybridized carbons (Fsp3) is 0.130. The SMILES string of the molecule is C[C@H](NC(=S)NNC(=O)c1cccc(COc2ccccc2Br)c1)c1ccccc1. The summed E-state index contributed by atoms with van der Waals surface area (Å²) in [7, 11) is 0. The number of nitrogens with one attached hydrogen (secondary N) is 3. The molecule has 7 heteroatoms. The number of thiocarbonyl (C=S) groups is 1. The highest BCUT2D eigenvalue weighted by atomic mass is 79.9. The normalized spacial score (nSPS) is 11.3. The Hall–Kier alpha value is -2.90. The lowest BCUT2D eigenvalue weighted by Crippen LogP contribution is -2.47. The Morgan fingerprint density at radius 2 is 1.73 bits per heavy atom. The van der Waals surface area contributed by atoms with Crippen molar-refractivity contribution in [2.75, 3.05) is 0 Å². The van der Waals surface area contributed by atoms with Crippen LogP contribution in [-0.4, -0.2) is 11.0 Å². The van der Waals surface area contributed by atoms with Crippen molar-refractivity contribution in [3.63, 3.8) is 0 Å². The molecule has 3 aromatic rings. The molecule has 3 N–H and O–H groups in total. The first-order chi connectivity index (χ1) is 14.5. The van der Waals surface area contributed by atoms with Gasteiger partial charge in [-0.25, -0.2) is 0 Å². The van der Waals surface area contributed by atoms with Gasteiger partial charge in [0.2, 0.25) is 0 Å². The molecule has 5 nitrogen and oxygen atoms in total. The van der Waals surface area contributed by atoms with Crippen LogP contribution in [0.5, 0.6) is 5.75 Å². The van der Waals surface area contributed by atoms with Crippen molar-refractivity contribution in [1.82, 2.24) is 16.2 Å². The first-order valence-electron chi connectivity index (χ1n) is 9.41. The number of halogens is 1. The molecule has 1 amide bonds. The Kier molecular flexibility index (Phi) is 7.82. The van der Waals surface area contributed by atoms with E-state index in [1.807, 2.05) is 73.7 Å². The molecule has 0 radical (unpaired) electrons. The summed E-state index contributed by atoms with van der Waals surface area (Å²) in [5.74, 6) is 0.465. The van der Waals surface area contributed by atoms with Gasteiger partial charge < -0.3 is 10.1 Å². The van der Waals surface area contributed by atoms with Crippen LogP contribution in [0.4, 0.5) is 0 Å². The van der Waals surface area contributed by atoms with Crippen LogP contribution >= 0.6 is 28.1 Å². The molecule has 3 aromatic carbocycles. The predicted octanol–water partition coefficient (Wildman–Crippen LogP) is 4.90. The predicted molar refractivity (Wildman–Crippen MR) is 126 cm³/mol. The molecule has 0 fully saturated rings. The van der Waals surface area contributed by atoms with Crippen molar-refractivity contribution in [2.45, 2.75) is 19.6 Å². The minimum atomic E-state index is -0.283. The molecular weight excluding hydrogens is 462 g/mol. The van der Waals surface area contributed by atoms with Gasteiger partial charge in [0.05, 0.1) is 10.5 Å². The molecular formula is C23H22BrN3O2S. The summed E-state index contributed by atoms with van der Waals surface area (Å²) in [6.45, 7) is 2.35. The molecule has 1 atom stereocenters. The molecule has 0 bridgehead atoms. The van der Waals surface area contributed by atoms with Gasteiger partial charge in [-0.15, -0.1) is 0 Å². The first-order valence-corrected chi connectivity index (χ1v) is 10.6. The summed E-state index contributed by atoms with van der Waals surface area (Å²) in [5.41, 5.74) is 7.87. The fourth-order valence-corrected chi connectivity index (χ4v) is 3.40. The van der Waals surface area contributed by atoms with Gasteiger partial charge in [0.1, 0.15) is 12.4 Å². The molecule has 0 spiro atoms. The van der Waals surface area contributed by atoms with Crippen LogP contribution < -0.4 is 20.9 Å². The zero-order valence-electron chi connectivity index (χ0n) is 16.4. The van der Waals surface area contributed by atoms with Crippen LogP contribution in [0.3, 0.4) is 0 Å². The smallest absolute Gasteiger partial charge is 0.269 e. The highest BCUT2D eigenvalue weighted by Gasteiger charge is 2.10. The Labute approximate surface area is 189 Å². The number of hydrogen-bond acceptors (Lipinski definition) is 3. The zero-order chi connectivity index (χ0) is 21.3. The van der Waals surface area contributed by atoms with Crippen molar-refractivity contribution in [3.8, 4) is 5.75 Å². The quantitative estimate of drug-likeness (QED) is 0.343. The number of hydrazine groups is 1. The van der Waals surface area contributed by atoms with Crippen LogP contribution in [0, 0.1) is 0 Å². The maximum absolute atomic E-state index is 12.5. The lowest BCUT2D eigenvalue weighted by atomic mass is 10.1. The van der Waals surface area contributed by atoms with Gasteiger partial charge >= 0.3 is 0 Å². The lowest BCUT2D eigenvalue weighted by Gasteiger charge is -2.17. The maximum atomic E-state index is 12.5. The summed E-state index contributed by atoms with van der Waals surface area (Å²) in [6.07, 6.45) is 0. The van der Waals surface area contributed by atoms with E-state index in [2.05, 4.69) is 32.1 Å². The van der Waals surface area contributed by atoms with E-state index in [1.54, 1.807) is 12.1 Å². The third kappa shape index (κ3) is 6.30. The number of ether oxygens (including phenoxy) is 1. The van der Waals surface area contributed by atoms with Crippen LogP contribution in [-0.2, 0) is 6.61 Å². The van der Waals surface area contributed by atoms with E-state index in [-0.39, 0.29) is 11.9 Å². The number of rotatable bonds is 6. The number of carbonyl (C=O) groups is 1. The van der Waals surface area contributed by atoms with Crippen molar-refractivity contribution in [3.05, 3.63) is 100 Å². The second-order valence-electron chi connectivity index (χ2n) is 6.60.